The first-order valence-electron chi connectivity index (χ1n) is 12.1. The number of carbonyl (C=O) groups excluding carboxylic acids is 2. The summed E-state index contributed by atoms with van der Waals surface area (Å²) in [6.45, 7) is 9.02. The Labute approximate surface area is 218 Å². The number of amides is 2. The molecule has 0 radical (unpaired) electrons. The van der Waals surface area contributed by atoms with Gasteiger partial charge < -0.3 is 19.3 Å². The van der Waals surface area contributed by atoms with Crippen molar-refractivity contribution in [1.29, 1.82) is 0 Å². The molecule has 12 heteroatoms. The van der Waals surface area contributed by atoms with Gasteiger partial charge in [0.05, 0.1) is 19.0 Å². The standard InChI is InChI=1S/C26H30F3N5O4/c1-15-14-32(24(36)38-25(3,4)5)11-12-33(15)23(35)19-13-30-34-21(26(27,28)29)16(2)20(31-22(19)34)17-7-9-18(37-6)10-8-17/h7-10,13,15H,11-12,14H2,1-6H3. The number of hydrogen-bond donors (Lipinski definition) is 0. The molecule has 0 bridgehead atoms. The summed E-state index contributed by atoms with van der Waals surface area (Å²) in [4.78, 5) is 33.6. The lowest BCUT2D eigenvalue weighted by atomic mass is 10.0. The quantitative estimate of drug-likeness (QED) is 0.480. The Morgan fingerprint density at radius 1 is 1.08 bits per heavy atom. The van der Waals surface area contributed by atoms with Crippen LogP contribution >= 0.6 is 0 Å². The van der Waals surface area contributed by atoms with Gasteiger partial charge in [0.15, 0.2) is 11.3 Å². The average Bonchev–Trinajstić information content (AvgIpc) is 3.24. The molecule has 38 heavy (non-hydrogen) atoms. The highest BCUT2D eigenvalue weighted by Crippen LogP contribution is 2.37. The Morgan fingerprint density at radius 2 is 1.74 bits per heavy atom. The van der Waals surface area contributed by atoms with Gasteiger partial charge in [0, 0.05) is 36.8 Å². The minimum Gasteiger partial charge on any atom is -0.497 e. The molecule has 2 amide bonds. The Morgan fingerprint density at radius 3 is 2.29 bits per heavy atom. The number of rotatable bonds is 3. The molecule has 1 saturated heterocycles. The van der Waals surface area contributed by atoms with Crippen LogP contribution in [0.15, 0.2) is 30.5 Å². The zero-order valence-corrected chi connectivity index (χ0v) is 22.1. The number of fused-ring (bicyclic) bond motifs is 1. The molecule has 1 fully saturated rings. The van der Waals surface area contributed by atoms with Crippen molar-refractivity contribution in [2.75, 3.05) is 26.7 Å². The molecule has 1 aliphatic rings. The van der Waals surface area contributed by atoms with E-state index in [1.807, 2.05) is 0 Å². The van der Waals surface area contributed by atoms with Gasteiger partial charge in [-0.3, -0.25) is 4.79 Å². The first kappa shape index (κ1) is 27.2. The lowest BCUT2D eigenvalue weighted by molar-refractivity contribution is -0.143. The summed E-state index contributed by atoms with van der Waals surface area (Å²) in [5, 5.41) is 3.91. The largest absolute Gasteiger partial charge is 0.497 e. The number of hydrogen-bond acceptors (Lipinski definition) is 6. The Kier molecular flexibility index (Phi) is 7.02. The van der Waals surface area contributed by atoms with Crippen LogP contribution in [0.25, 0.3) is 16.9 Å². The van der Waals surface area contributed by atoms with Crippen LogP contribution in [0.4, 0.5) is 18.0 Å². The highest BCUT2D eigenvalue weighted by Gasteiger charge is 2.40. The SMILES string of the molecule is COc1ccc(-c2nc3c(C(=O)N4CCN(C(=O)OC(C)(C)C)CC4C)cnn3c(C(F)(F)F)c2C)cc1. The second-order valence-corrected chi connectivity index (χ2v) is 10.2. The molecule has 1 aliphatic heterocycles. The van der Waals surface area contributed by atoms with Crippen molar-refractivity contribution < 1.29 is 32.2 Å². The molecule has 3 heterocycles. The topological polar surface area (TPSA) is 89.3 Å². The molecule has 1 atom stereocenters. The molecule has 0 N–H and O–H groups in total. The third-order valence-corrected chi connectivity index (χ3v) is 6.29. The van der Waals surface area contributed by atoms with Gasteiger partial charge in [-0.2, -0.15) is 18.3 Å². The van der Waals surface area contributed by atoms with E-state index < -0.39 is 35.5 Å². The lowest BCUT2D eigenvalue weighted by Crippen LogP contribution is -2.56. The predicted molar refractivity (Wildman–Crippen MR) is 133 cm³/mol. The normalized spacial score (nSPS) is 16.6. The maximum Gasteiger partial charge on any atom is 0.433 e. The number of ether oxygens (including phenoxy) is 2. The van der Waals surface area contributed by atoms with Crippen molar-refractivity contribution in [3.8, 4) is 17.0 Å². The molecule has 0 aliphatic carbocycles. The molecule has 3 aromatic rings. The second kappa shape index (κ2) is 9.80. The van der Waals surface area contributed by atoms with E-state index in [1.165, 1.54) is 23.8 Å². The number of benzene rings is 1. The molecule has 1 unspecified atom stereocenters. The van der Waals surface area contributed by atoms with Gasteiger partial charge >= 0.3 is 12.3 Å². The average molecular weight is 534 g/mol. The third-order valence-electron chi connectivity index (χ3n) is 6.29. The van der Waals surface area contributed by atoms with Gasteiger partial charge in [-0.25, -0.2) is 14.3 Å². The summed E-state index contributed by atoms with van der Waals surface area (Å²) < 4.78 is 53.9. The third kappa shape index (κ3) is 5.25. The zero-order chi connectivity index (χ0) is 28.0. The molecule has 4 rings (SSSR count). The maximum absolute atomic E-state index is 14.2. The smallest absolute Gasteiger partial charge is 0.433 e. The van der Waals surface area contributed by atoms with Crippen LogP contribution in [0.5, 0.6) is 5.75 Å². The number of nitrogens with zero attached hydrogens (tertiary/aromatic N) is 5. The molecular formula is C26H30F3N5O4. The van der Waals surface area contributed by atoms with Crippen LogP contribution in [0.3, 0.4) is 0 Å². The summed E-state index contributed by atoms with van der Waals surface area (Å²) in [6.07, 6.45) is -4.11. The minimum absolute atomic E-state index is 0.0529. The van der Waals surface area contributed by atoms with Crippen LogP contribution in [0.1, 0.15) is 49.3 Å². The van der Waals surface area contributed by atoms with Crippen molar-refractivity contribution in [3.63, 3.8) is 0 Å². The molecule has 0 saturated carbocycles. The number of alkyl halides is 3. The van der Waals surface area contributed by atoms with Gasteiger partial charge in [0.2, 0.25) is 0 Å². The van der Waals surface area contributed by atoms with E-state index in [1.54, 1.807) is 52.0 Å². The second-order valence-electron chi connectivity index (χ2n) is 10.2. The Hall–Kier alpha value is -3.83. The van der Waals surface area contributed by atoms with Crippen molar-refractivity contribution in [3.05, 3.63) is 47.3 Å². The fourth-order valence-electron chi connectivity index (χ4n) is 4.49. The van der Waals surface area contributed by atoms with Gasteiger partial charge in [0.1, 0.15) is 16.9 Å². The Balaban J connectivity index is 1.71. The van der Waals surface area contributed by atoms with Crippen LogP contribution in [0, 0.1) is 6.92 Å². The molecule has 2 aromatic heterocycles. The number of halogens is 3. The first-order valence-corrected chi connectivity index (χ1v) is 12.1. The molecule has 204 valence electrons. The van der Waals surface area contributed by atoms with Crippen molar-refractivity contribution in [1.82, 2.24) is 24.4 Å². The Bertz CT molecular complexity index is 1360. The van der Waals surface area contributed by atoms with Gasteiger partial charge in [-0.05, 0) is 58.9 Å². The van der Waals surface area contributed by atoms with Crippen LogP contribution in [-0.2, 0) is 10.9 Å². The minimum atomic E-state index is -4.74. The number of piperazine rings is 1. The highest BCUT2D eigenvalue weighted by molar-refractivity contribution is 6.00. The fraction of sp³-hybridized carbons (Fsp3) is 0.462. The predicted octanol–water partition coefficient (Wildman–Crippen LogP) is 4.81. The number of aromatic nitrogens is 3. The van der Waals surface area contributed by atoms with E-state index in [9.17, 15) is 22.8 Å². The summed E-state index contributed by atoms with van der Waals surface area (Å²) in [5.41, 5.74) is -1.50. The van der Waals surface area contributed by atoms with Gasteiger partial charge in [0.25, 0.3) is 5.91 Å². The highest BCUT2D eigenvalue weighted by atomic mass is 19.4. The van der Waals surface area contributed by atoms with Crippen LogP contribution in [-0.4, -0.2) is 74.8 Å². The monoisotopic (exact) mass is 533 g/mol. The zero-order valence-electron chi connectivity index (χ0n) is 22.1. The maximum atomic E-state index is 14.2. The van der Waals surface area contributed by atoms with E-state index in [2.05, 4.69) is 10.1 Å². The van der Waals surface area contributed by atoms with E-state index in [0.29, 0.717) is 15.8 Å². The summed E-state index contributed by atoms with van der Waals surface area (Å²) in [6, 6.07) is 6.07. The molecular weight excluding hydrogens is 503 g/mol. The first-order chi connectivity index (χ1) is 17.7. The lowest BCUT2D eigenvalue weighted by Gasteiger charge is -2.40. The summed E-state index contributed by atoms with van der Waals surface area (Å²) in [7, 11) is 1.49. The van der Waals surface area contributed by atoms with E-state index in [0.717, 1.165) is 6.20 Å². The van der Waals surface area contributed by atoms with E-state index in [-0.39, 0.29) is 42.1 Å². The number of carbonyl (C=O) groups is 2. The molecule has 0 spiro atoms. The summed E-state index contributed by atoms with van der Waals surface area (Å²) >= 11 is 0. The van der Waals surface area contributed by atoms with Gasteiger partial charge in [-0.15, -0.1) is 0 Å². The fourth-order valence-corrected chi connectivity index (χ4v) is 4.49. The van der Waals surface area contributed by atoms with Crippen molar-refractivity contribution >= 4 is 17.6 Å². The van der Waals surface area contributed by atoms with Crippen LogP contribution in [0.2, 0.25) is 0 Å². The van der Waals surface area contributed by atoms with Crippen LogP contribution < -0.4 is 4.74 Å². The molecule has 9 nitrogen and oxygen atoms in total. The van der Waals surface area contributed by atoms with Crippen molar-refractivity contribution in [2.45, 2.75) is 52.4 Å². The van der Waals surface area contributed by atoms with E-state index >= 15 is 0 Å². The van der Waals surface area contributed by atoms with Gasteiger partial charge in [-0.1, -0.05) is 0 Å². The summed E-state index contributed by atoms with van der Waals surface area (Å²) in [5.74, 6) is 0.0322. The van der Waals surface area contributed by atoms with Crippen molar-refractivity contribution in [2.24, 2.45) is 0 Å². The van der Waals surface area contributed by atoms with E-state index in [4.69, 9.17) is 9.47 Å². The number of methoxy groups -OCH3 is 1. The molecule has 1 aromatic carbocycles.